The van der Waals surface area contributed by atoms with E-state index in [1.807, 2.05) is 18.3 Å². The Morgan fingerprint density at radius 1 is 1.32 bits per heavy atom. The van der Waals surface area contributed by atoms with Crippen molar-refractivity contribution in [3.63, 3.8) is 0 Å². The van der Waals surface area contributed by atoms with Crippen molar-refractivity contribution >= 4 is 34.0 Å². The fourth-order valence-corrected chi connectivity index (χ4v) is 3.77. The summed E-state index contributed by atoms with van der Waals surface area (Å²) in [7, 11) is 0. The molecule has 4 heteroatoms. The van der Waals surface area contributed by atoms with Gasteiger partial charge in [-0.25, -0.2) is 0 Å². The Hall–Kier alpha value is -1.42. The molecule has 100 valence electrons. The van der Waals surface area contributed by atoms with Crippen LogP contribution < -0.4 is 10.6 Å². The van der Waals surface area contributed by atoms with Gasteiger partial charge in [0.15, 0.2) is 0 Å². The predicted molar refractivity (Wildman–Crippen MR) is 84.9 cm³/mol. The van der Waals surface area contributed by atoms with Gasteiger partial charge in [0, 0.05) is 46.5 Å². The van der Waals surface area contributed by atoms with Crippen LogP contribution in [0, 0.1) is 0 Å². The molecule has 3 rings (SSSR count). The minimum absolute atomic E-state index is 0.543. The smallest absolute Gasteiger partial charge is 0.0743 e. The highest BCUT2D eigenvalue weighted by Crippen LogP contribution is 2.33. The molecular weight excluding hydrogens is 254 g/mol. The molecule has 2 N–H and O–H groups in total. The standard InChI is InChI=1S/C15H19N3S/c1-10-11(2)19-8-7-18(10)15-5-6-17-14-9-12(16)3-4-13(14)15/h3-6,9-11H,7-8,16H2,1-2H3. The number of pyridine rings is 1. The summed E-state index contributed by atoms with van der Waals surface area (Å²) in [6, 6.07) is 8.66. The summed E-state index contributed by atoms with van der Waals surface area (Å²) in [6.07, 6.45) is 1.89. The second-order valence-corrected chi connectivity index (χ2v) is 6.60. The first-order valence-corrected chi connectivity index (χ1v) is 7.74. The number of fused-ring (bicyclic) bond motifs is 1. The first-order chi connectivity index (χ1) is 9.16. The number of nitrogens with zero attached hydrogens (tertiary/aromatic N) is 2. The molecule has 1 fully saturated rings. The SMILES string of the molecule is CC1SCCN(c2ccnc3cc(N)ccc23)C1C. The lowest BCUT2D eigenvalue weighted by atomic mass is 10.1. The van der Waals surface area contributed by atoms with Gasteiger partial charge in [-0.2, -0.15) is 11.8 Å². The Balaban J connectivity index is 2.09. The second-order valence-electron chi connectivity index (χ2n) is 5.12. The Labute approximate surface area is 118 Å². The average Bonchev–Trinajstić information content (AvgIpc) is 2.41. The summed E-state index contributed by atoms with van der Waals surface area (Å²) in [5.41, 5.74) is 8.88. The lowest BCUT2D eigenvalue weighted by Gasteiger charge is -2.39. The molecule has 1 saturated heterocycles. The zero-order valence-corrected chi connectivity index (χ0v) is 12.2. The molecule has 2 atom stereocenters. The van der Waals surface area contributed by atoms with Gasteiger partial charge in [-0.3, -0.25) is 4.98 Å². The highest BCUT2D eigenvalue weighted by Gasteiger charge is 2.26. The lowest BCUT2D eigenvalue weighted by Crippen LogP contribution is -2.44. The third-order valence-corrected chi connectivity index (χ3v) is 5.28. The highest BCUT2D eigenvalue weighted by atomic mass is 32.2. The molecule has 1 aliphatic heterocycles. The monoisotopic (exact) mass is 273 g/mol. The Morgan fingerprint density at radius 2 is 2.16 bits per heavy atom. The van der Waals surface area contributed by atoms with E-state index in [1.165, 1.54) is 16.8 Å². The van der Waals surface area contributed by atoms with Crippen LogP contribution in [-0.2, 0) is 0 Å². The van der Waals surface area contributed by atoms with Gasteiger partial charge in [0.2, 0.25) is 0 Å². The first kappa shape index (κ1) is 12.6. The number of thioether (sulfide) groups is 1. The fraction of sp³-hybridized carbons (Fsp3) is 0.400. The summed E-state index contributed by atoms with van der Waals surface area (Å²) >= 11 is 2.06. The van der Waals surface area contributed by atoms with Crippen molar-refractivity contribution in [2.24, 2.45) is 0 Å². The third kappa shape index (κ3) is 2.25. The molecular formula is C15H19N3S. The van der Waals surface area contributed by atoms with E-state index >= 15 is 0 Å². The number of hydrogen-bond donors (Lipinski definition) is 1. The largest absolute Gasteiger partial charge is 0.399 e. The van der Waals surface area contributed by atoms with Crippen molar-refractivity contribution < 1.29 is 0 Å². The molecule has 0 saturated carbocycles. The second kappa shape index (κ2) is 4.93. The number of benzene rings is 1. The van der Waals surface area contributed by atoms with Crippen LogP contribution in [0.25, 0.3) is 10.9 Å². The number of anilines is 2. The Morgan fingerprint density at radius 3 is 3.00 bits per heavy atom. The van der Waals surface area contributed by atoms with E-state index in [1.54, 1.807) is 0 Å². The number of rotatable bonds is 1. The third-order valence-electron chi connectivity index (χ3n) is 3.94. The quantitative estimate of drug-likeness (QED) is 0.811. The van der Waals surface area contributed by atoms with Crippen LogP contribution in [0.4, 0.5) is 11.4 Å². The van der Waals surface area contributed by atoms with Gasteiger partial charge < -0.3 is 10.6 Å². The van der Waals surface area contributed by atoms with Gasteiger partial charge in [0.05, 0.1) is 5.52 Å². The lowest BCUT2D eigenvalue weighted by molar-refractivity contribution is 0.629. The van der Waals surface area contributed by atoms with Crippen molar-refractivity contribution in [3.05, 3.63) is 30.5 Å². The number of aromatic nitrogens is 1. The van der Waals surface area contributed by atoms with E-state index in [4.69, 9.17) is 5.73 Å². The maximum atomic E-state index is 5.84. The first-order valence-electron chi connectivity index (χ1n) is 6.69. The summed E-state index contributed by atoms with van der Waals surface area (Å²) in [4.78, 5) is 6.93. The number of hydrogen-bond acceptors (Lipinski definition) is 4. The fourth-order valence-electron chi connectivity index (χ4n) is 2.67. The minimum atomic E-state index is 0.543. The van der Waals surface area contributed by atoms with E-state index in [0.29, 0.717) is 11.3 Å². The molecule has 3 nitrogen and oxygen atoms in total. The summed E-state index contributed by atoms with van der Waals surface area (Å²) in [5, 5.41) is 1.85. The molecule has 0 amide bonds. The molecule has 2 aromatic rings. The van der Waals surface area contributed by atoms with Crippen LogP contribution in [0.5, 0.6) is 0 Å². The van der Waals surface area contributed by atoms with Crippen molar-refractivity contribution in [2.45, 2.75) is 25.1 Å². The van der Waals surface area contributed by atoms with Crippen LogP contribution in [-0.4, -0.2) is 28.6 Å². The van der Waals surface area contributed by atoms with Crippen LogP contribution in [0.3, 0.4) is 0 Å². The molecule has 2 unspecified atom stereocenters. The van der Waals surface area contributed by atoms with Gasteiger partial charge in [-0.05, 0) is 31.2 Å². The minimum Gasteiger partial charge on any atom is -0.399 e. The van der Waals surface area contributed by atoms with Gasteiger partial charge in [0.1, 0.15) is 0 Å². The Bertz CT molecular complexity index is 599. The van der Waals surface area contributed by atoms with E-state index in [-0.39, 0.29) is 0 Å². The van der Waals surface area contributed by atoms with E-state index in [2.05, 4.69) is 47.6 Å². The normalized spacial score (nSPS) is 23.8. The van der Waals surface area contributed by atoms with Crippen LogP contribution in [0.1, 0.15) is 13.8 Å². The van der Waals surface area contributed by atoms with E-state index in [9.17, 15) is 0 Å². The van der Waals surface area contributed by atoms with E-state index in [0.717, 1.165) is 17.7 Å². The van der Waals surface area contributed by atoms with Crippen molar-refractivity contribution in [2.75, 3.05) is 22.9 Å². The topological polar surface area (TPSA) is 42.2 Å². The molecule has 1 aromatic carbocycles. The highest BCUT2D eigenvalue weighted by molar-refractivity contribution is 8.00. The van der Waals surface area contributed by atoms with Crippen molar-refractivity contribution in [3.8, 4) is 0 Å². The van der Waals surface area contributed by atoms with Crippen LogP contribution >= 0.6 is 11.8 Å². The molecule has 19 heavy (non-hydrogen) atoms. The molecule has 0 radical (unpaired) electrons. The number of nitrogen functional groups attached to an aromatic ring is 1. The number of nitrogens with two attached hydrogens (primary N) is 1. The molecule has 1 aliphatic rings. The maximum absolute atomic E-state index is 5.84. The van der Waals surface area contributed by atoms with Crippen LogP contribution in [0.15, 0.2) is 30.5 Å². The summed E-state index contributed by atoms with van der Waals surface area (Å²) in [5.74, 6) is 1.18. The zero-order valence-electron chi connectivity index (χ0n) is 11.3. The van der Waals surface area contributed by atoms with Crippen LogP contribution in [0.2, 0.25) is 0 Å². The molecule has 2 heterocycles. The molecule has 1 aromatic heterocycles. The zero-order chi connectivity index (χ0) is 13.4. The van der Waals surface area contributed by atoms with Gasteiger partial charge in [-0.15, -0.1) is 0 Å². The molecule has 0 aliphatic carbocycles. The maximum Gasteiger partial charge on any atom is 0.0743 e. The van der Waals surface area contributed by atoms with E-state index < -0.39 is 0 Å². The predicted octanol–water partition coefficient (Wildman–Crippen LogP) is 3.15. The molecule has 0 spiro atoms. The summed E-state index contributed by atoms with van der Waals surface area (Å²) in [6.45, 7) is 5.71. The molecule has 0 bridgehead atoms. The summed E-state index contributed by atoms with van der Waals surface area (Å²) < 4.78 is 0. The van der Waals surface area contributed by atoms with Gasteiger partial charge in [0.25, 0.3) is 0 Å². The van der Waals surface area contributed by atoms with Crippen molar-refractivity contribution in [1.82, 2.24) is 4.98 Å². The van der Waals surface area contributed by atoms with Gasteiger partial charge >= 0.3 is 0 Å². The van der Waals surface area contributed by atoms with Gasteiger partial charge in [-0.1, -0.05) is 6.92 Å². The average molecular weight is 273 g/mol. The Kier molecular flexibility index (Phi) is 3.27. The van der Waals surface area contributed by atoms with Crippen molar-refractivity contribution in [1.29, 1.82) is 0 Å².